The summed E-state index contributed by atoms with van der Waals surface area (Å²) in [5, 5.41) is 20.2. The molecule has 0 aliphatic rings. The highest BCUT2D eigenvalue weighted by Crippen LogP contribution is 2.33. The number of phenols is 1. The van der Waals surface area contributed by atoms with Gasteiger partial charge in [0, 0.05) is 36.2 Å². The zero-order chi connectivity index (χ0) is 13.7. The maximum atomic E-state index is 9.94. The van der Waals surface area contributed by atoms with E-state index < -0.39 is 0 Å². The van der Waals surface area contributed by atoms with Crippen LogP contribution in [0.25, 0.3) is 0 Å². The lowest BCUT2D eigenvalue weighted by molar-refractivity contribution is 0.369. The second-order valence-corrected chi connectivity index (χ2v) is 4.41. The number of aromatic amines is 1. The van der Waals surface area contributed by atoms with Crippen LogP contribution in [0.2, 0.25) is 5.02 Å². The Kier molecular flexibility index (Phi) is 4.59. The average Bonchev–Trinajstić information content (AvgIpc) is 2.91. The van der Waals surface area contributed by atoms with Crippen LogP contribution in [0.4, 0.5) is 0 Å². The number of rotatable bonds is 6. The molecule has 0 aliphatic carbocycles. The number of H-pyrrole nitrogens is 1. The monoisotopic (exact) mass is 282 g/mol. The van der Waals surface area contributed by atoms with Crippen molar-refractivity contribution in [1.82, 2.24) is 20.5 Å². The number of ether oxygens (including phenoxy) is 1. The third-order valence-electron chi connectivity index (χ3n) is 2.66. The van der Waals surface area contributed by atoms with Crippen LogP contribution in [0, 0.1) is 0 Å². The molecule has 0 bridgehead atoms. The van der Waals surface area contributed by atoms with Crippen molar-refractivity contribution < 1.29 is 9.84 Å². The number of phenolic OH excluding ortho intramolecular Hbond substituents is 1. The van der Waals surface area contributed by atoms with Crippen molar-refractivity contribution in [1.29, 1.82) is 0 Å². The van der Waals surface area contributed by atoms with Crippen molar-refractivity contribution in [3.8, 4) is 11.5 Å². The molecule has 0 fully saturated rings. The first-order valence-corrected chi connectivity index (χ1v) is 6.19. The summed E-state index contributed by atoms with van der Waals surface area (Å²) in [6, 6.07) is 3.29. The first-order chi connectivity index (χ1) is 9.20. The molecule has 0 atom stereocenters. The zero-order valence-corrected chi connectivity index (χ0v) is 11.2. The molecule has 0 radical (unpaired) electrons. The minimum atomic E-state index is 0.110. The summed E-state index contributed by atoms with van der Waals surface area (Å²) in [5.74, 6) is 1.30. The Hall–Kier alpha value is -1.79. The number of hydrogen-bond acceptors (Lipinski definition) is 5. The highest BCUT2D eigenvalue weighted by molar-refractivity contribution is 6.30. The van der Waals surface area contributed by atoms with E-state index in [1.165, 1.54) is 13.4 Å². The summed E-state index contributed by atoms with van der Waals surface area (Å²) in [4.78, 5) is 4.02. The molecule has 0 saturated heterocycles. The van der Waals surface area contributed by atoms with Crippen LogP contribution in [0.3, 0.4) is 0 Å². The molecule has 3 N–H and O–H groups in total. The first-order valence-electron chi connectivity index (χ1n) is 5.81. The van der Waals surface area contributed by atoms with Crippen molar-refractivity contribution in [3.05, 3.63) is 34.9 Å². The first kappa shape index (κ1) is 13.6. The normalized spacial score (nSPS) is 10.6. The smallest absolute Gasteiger partial charge is 0.162 e. The maximum Gasteiger partial charge on any atom is 0.162 e. The van der Waals surface area contributed by atoms with E-state index in [9.17, 15) is 5.11 Å². The fraction of sp³-hybridized carbons (Fsp3) is 0.333. The molecule has 0 aliphatic heterocycles. The SMILES string of the molecule is COc1cc(Cl)cc(CNCCc2ncn[nH]2)c1O. The second-order valence-electron chi connectivity index (χ2n) is 3.97. The van der Waals surface area contributed by atoms with Gasteiger partial charge in [-0.3, -0.25) is 5.10 Å². The van der Waals surface area contributed by atoms with Gasteiger partial charge in [-0.25, -0.2) is 4.98 Å². The largest absolute Gasteiger partial charge is 0.504 e. The number of benzene rings is 1. The van der Waals surface area contributed by atoms with Crippen LogP contribution in [0.1, 0.15) is 11.4 Å². The lowest BCUT2D eigenvalue weighted by Gasteiger charge is -2.10. The van der Waals surface area contributed by atoms with Gasteiger partial charge in [0.1, 0.15) is 12.2 Å². The zero-order valence-electron chi connectivity index (χ0n) is 10.5. The lowest BCUT2D eigenvalue weighted by atomic mass is 10.2. The number of hydrogen-bond donors (Lipinski definition) is 3. The molecule has 6 nitrogen and oxygen atoms in total. The van der Waals surface area contributed by atoms with Crippen molar-refractivity contribution in [2.24, 2.45) is 0 Å². The molecule has 2 aromatic rings. The van der Waals surface area contributed by atoms with Crippen molar-refractivity contribution in [2.75, 3.05) is 13.7 Å². The van der Waals surface area contributed by atoms with Gasteiger partial charge in [0.15, 0.2) is 11.5 Å². The Morgan fingerprint density at radius 1 is 1.47 bits per heavy atom. The highest BCUT2D eigenvalue weighted by Gasteiger charge is 2.09. The Morgan fingerprint density at radius 2 is 2.32 bits per heavy atom. The van der Waals surface area contributed by atoms with Crippen LogP contribution < -0.4 is 10.1 Å². The molecule has 0 saturated carbocycles. The van der Waals surface area contributed by atoms with Gasteiger partial charge in [-0.15, -0.1) is 0 Å². The van der Waals surface area contributed by atoms with Gasteiger partial charge >= 0.3 is 0 Å². The minimum Gasteiger partial charge on any atom is -0.504 e. The van der Waals surface area contributed by atoms with Crippen molar-refractivity contribution >= 4 is 11.6 Å². The van der Waals surface area contributed by atoms with Gasteiger partial charge in [-0.1, -0.05) is 11.6 Å². The van der Waals surface area contributed by atoms with Gasteiger partial charge in [-0.05, 0) is 6.07 Å². The summed E-state index contributed by atoms with van der Waals surface area (Å²) >= 11 is 5.95. The van der Waals surface area contributed by atoms with Crippen molar-refractivity contribution in [2.45, 2.75) is 13.0 Å². The van der Waals surface area contributed by atoms with Crippen LogP contribution in [0.15, 0.2) is 18.5 Å². The van der Waals surface area contributed by atoms with E-state index in [1.54, 1.807) is 12.1 Å². The summed E-state index contributed by atoms with van der Waals surface area (Å²) in [6.45, 7) is 1.21. The number of halogens is 1. The van der Waals surface area contributed by atoms with Gasteiger partial charge in [0.2, 0.25) is 0 Å². The topological polar surface area (TPSA) is 83.1 Å². The Balaban J connectivity index is 1.90. The summed E-state index contributed by atoms with van der Waals surface area (Å²) in [5.41, 5.74) is 0.696. The maximum absolute atomic E-state index is 9.94. The second kappa shape index (κ2) is 6.40. The van der Waals surface area contributed by atoms with Crippen molar-refractivity contribution in [3.63, 3.8) is 0 Å². The van der Waals surface area contributed by atoms with Gasteiger partial charge in [0.25, 0.3) is 0 Å². The van der Waals surface area contributed by atoms with E-state index in [0.717, 1.165) is 12.2 Å². The Morgan fingerprint density at radius 3 is 3.00 bits per heavy atom. The quantitative estimate of drug-likeness (QED) is 0.700. The lowest BCUT2D eigenvalue weighted by Crippen LogP contribution is -2.17. The number of aromatic hydroxyl groups is 1. The predicted molar refractivity (Wildman–Crippen MR) is 71.5 cm³/mol. The van der Waals surface area contributed by atoms with Crippen LogP contribution in [-0.2, 0) is 13.0 Å². The van der Waals surface area contributed by atoms with E-state index in [1.807, 2.05) is 0 Å². The number of aromatic nitrogens is 3. The van der Waals surface area contributed by atoms with Crippen LogP contribution in [0.5, 0.6) is 11.5 Å². The molecule has 0 amide bonds. The molecule has 1 aromatic heterocycles. The molecule has 19 heavy (non-hydrogen) atoms. The number of nitrogens with zero attached hydrogens (tertiary/aromatic N) is 2. The van der Waals surface area contributed by atoms with E-state index >= 15 is 0 Å². The highest BCUT2D eigenvalue weighted by atomic mass is 35.5. The fourth-order valence-corrected chi connectivity index (χ4v) is 1.93. The molecule has 0 spiro atoms. The molecule has 2 rings (SSSR count). The van der Waals surface area contributed by atoms with Gasteiger partial charge in [-0.2, -0.15) is 5.10 Å². The van der Waals surface area contributed by atoms with Gasteiger partial charge < -0.3 is 15.2 Å². The number of nitrogens with one attached hydrogen (secondary N) is 2. The molecule has 1 heterocycles. The Bertz CT molecular complexity index is 531. The van der Waals surface area contributed by atoms with Crippen LogP contribution >= 0.6 is 11.6 Å². The predicted octanol–water partition coefficient (Wildman–Crippen LogP) is 1.50. The van der Waals surface area contributed by atoms with Gasteiger partial charge in [0.05, 0.1) is 7.11 Å². The minimum absolute atomic E-state index is 0.110. The standard InChI is InChI=1S/C12H15ClN4O2/c1-19-10-5-9(13)4-8(12(10)18)6-14-3-2-11-15-7-16-17-11/h4-5,7,14,18H,2-3,6H2,1H3,(H,15,16,17). The number of methoxy groups -OCH3 is 1. The average molecular weight is 283 g/mol. The van der Waals surface area contributed by atoms with E-state index in [-0.39, 0.29) is 5.75 Å². The Labute approximate surface area is 115 Å². The third kappa shape index (κ3) is 3.59. The molecular weight excluding hydrogens is 268 g/mol. The summed E-state index contributed by atoms with van der Waals surface area (Å²) < 4.78 is 5.05. The van der Waals surface area contributed by atoms with Crippen LogP contribution in [-0.4, -0.2) is 33.9 Å². The third-order valence-corrected chi connectivity index (χ3v) is 2.88. The summed E-state index contributed by atoms with van der Waals surface area (Å²) in [7, 11) is 1.49. The summed E-state index contributed by atoms with van der Waals surface area (Å²) in [6.07, 6.45) is 2.21. The van der Waals surface area contributed by atoms with E-state index in [0.29, 0.717) is 29.4 Å². The molecule has 1 aromatic carbocycles. The van der Waals surface area contributed by atoms with E-state index in [2.05, 4.69) is 20.5 Å². The van der Waals surface area contributed by atoms with E-state index in [4.69, 9.17) is 16.3 Å². The fourth-order valence-electron chi connectivity index (χ4n) is 1.70. The molecular formula is C12H15ClN4O2. The molecule has 7 heteroatoms. The molecule has 102 valence electrons. The molecule has 0 unspecified atom stereocenters.